The van der Waals surface area contributed by atoms with Crippen molar-refractivity contribution in [1.82, 2.24) is 0 Å². The summed E-state index contributed by atoms with van der Waals surface area (Å²) in [4.78, 5) is 0. The van der Waals surface area contributed by atoms with Crippen molar-refractivity contribution in [2.24, 2.45) is 0 Å². The van der Waals surface area contributed by atoms with Crippen LogP contribution in [-0.2, 0) is 5.41 Å². The monoisotopic (exact) mass is 228 g/mol. The van der Waals surface area contributed by atoms with Gasteiger partial charge in [0.05, 0.1) is 0 Å². The van der Waals surface area contributed by atoms with Crippen molar-refractivity contribution in [3.8, 4) is 5.75 Å². The third-order valence-electron chi connectivity index (χ3n) is 1.96. The van der Waals surface area contributed by atoms with Gasteiger partial charge in [-0.2, -0.15) is 0 Å². The van der Waals surface area contributed by atoms with Gasteiger partial charge in [-0.3, -0.25) is 0 Å². The zero-order chi connectivity index (χ0) is 9.35. The molecule has 0 heterocycles. The van der Waals surface area contributed by atoms with E-state index >= 15 is 0 Å². The standard InChI is InChI=1S/C11H16O.K.Na.2H/c1-8-5-6-10(12)9(7-8)11(2,3)4;;;;/h5-7,12H,1-4H3;;;;/q;2*+1;2*-1. The molecule has 0 saturated carbocycles. The smallest absolute Gasteiger partial charge is 1.00 e. The zero-order valence-corrected chi connectivity index (χ0v) is 15.3. The molecular formula is C11H18KNaO. The van der Waals surface area contributed by atoms with E-state index < -0.39 is 0 Å². The van der Waals surface area contributed by atoms with E-state index in [0.29, 0.717) is 5.75 Å². The van der Waals surface area contributed by atoms with Gasteiger partial charge in [0.25, 0.3) is 0 Å². The topological polar surface area (TPSA) is 20.2 Å². The first-order valence-electron chi connectivity index (χ1n) is 4.21. The van der Waals surface area contributed by atoms with Crippen molar-refractivity contribution in [2.45, 2.75) is 33.1 Å². The average Bonchev–Trinajstić information content (AvgIpc) is 1.92. The summed E-state index contributed by atoms with van der Waals surface area (Å²) in [7, 11) is 0. The molecule has 0 aliphatic carbocycles. The minimum absolute atomic E-state index is 0. The molecule has 0 aliphatic rings. The summed E-state index contributed by atoms with van der Waals surface area (Å²) >= 11 is 0. The van der Waals surface area contributed by atoms with Crippen LogP contribution in [0, 0.1) is 6.92 Å². The van der Waals surface area contributed by atoms with Crippen LogP contribution in [0.1, 0.15) is 34.8 Å². The molecule has 1 aromatic rings. The first kappa shape index (κ1) is 18.0. The molecule has 0 bridgehead atoms. The molecule has 1 N–H and O–H groups in total. The Morgan fingerprint density at radius 2 is 1.71 bits per heavy atom. The third kappa shape index (κ3) is 5.13. The number of phenolic OH excluding ortho intramolecular Hbond substituents is 1. The van der Waals surface area contributed by atoms with Crippen LogP contribution in [0.5, 0.6) is 5.75 Å². The van der Waals surface area contributed by atoms with Crippen LogP contribution >= 0.6 is 0 Å². The maximum atomic E-state index is 9.57. The molecule has 14 heavy (non-hydrogen) atoms. The molecule has 0 fully saturated rings. The predicted octanol–water partition coefficient (Wildman–Crippen LogP) is -2.77. The molecule has 3 heteroatoms. The van der Waals surface area contributed by atoms with Gasteiger partial charge in [0.15, 0.2) is 0 Å². The van der Waals surface area contributed by atoms with Crippen LogP contribution in [0.25, 0.3) is 0 Å². The van der Waals surface area contributed by atoms with Gasteiger partial charge in [0, 0.05) is 0 Å². The summed E-state index contributed by atoms with van der Waals surface area (Å²) in [6.07, 6.45) is 0. The molecule has 0 saturated heterocycles. The quantitative estimate of drug-likeness (QED) is 0.477. The van der Waals surface area contributed by atoms with Gasteiger partial charge < -0.3 is 7.96 Å². The van der Waals surface area contributed by atoms with Gasteiger partial charge in [-0.25, -0.2) is 0 Å². The van der Waals surface area contributed by atoms with E-state index in [2.05, 4.69) is 20.8 Å². The minimum Gasteiger partial charge on any atom is -1.00 e. The minimum atomic E-state index is 0. The zero-order valence-electron chi connectivity index (χ0n) is 12.2. The van der Waals surface area contributed by atoms with Gasteiger partial charge in [-0.15, -0.1) is 0 Å². The van der Waals surface area contributed by atoms with Gasteiger partial charge in [-0.05, 0) is 24.0 Å². The second kappa shape index (κ2) is 7.07. The van der Waals surface area contributed by atoms with Crippen LogP contribution in [0.4, 0.5) is 0 Å². The molecule has 0 aromatic heterocycles. The summed E-state index contributed by atoms with van der Waals surface area (Å²) in [6, 6.07) is 5.72. The second-order valence-corrected chi connectivity index (χ2v) is 4.27. The van der Waals surface area contributed by atoms with E-state index in [4.69, 9.17) is 0 Å². The second-order valence-electron chi connectivity index (χ2n) is 4.27. The van der Waals surface area contributed by atoms with Crippen molar-refractivity contribution in [1.29, 1.82) is 0 Å². The number of aryl methyl sites for hydroxylation is 1. The summed E-state index contributed by atoms with van der Waals surface area (Å²) < 4.78 is 0. The first-order valence-corrected chi connectivity index (χ1v) is 4.21. The Morgan fingerprint density at radius 1 is 1.21 bits per heavy atom. The van der Waals surface area contributed by atoms with Gasteiger partial charge in [0.2, 0.25) is 0 Å². The van der Waals surface area contributed by atoms with E-state index in [0.717, 1.165) is 5.56 Å². The molecule has 0 atom stereocenters. The van der Waals surface area contributed by atoms with Crippen molar-refractivity contribution < 1.29 is 88.9 Å². The Bertz CT molecular complexity index is 301. The number of benzene rings is 1. The van der Waals surface area contributed by atoms with E-state index in [1.165, 1.54) is 5.56 Å². The van der Waals surface area contributed by atoms with Crippen LogP contribution < -0.4 is 80.9 Å². The normalized spacial score (nSPS) is 10.0. The summed E-state index contributed by atoms with van der Waals surface area (Å²) in [6.45, 7) is 8.33. The largest absolute Gasteiger partial charge is 1.00 e. The van der Waals surface area contributed by atoms with Gasteiger partial charge in [-0.1, -0.05) is 38.5 Å². The van der Waals surface area contributed by atoms with Crippen LogP contribution in [0.3, 0.4) is 0 Å². The van der Waals surface area contributed by atoms with Crippen molar-refractivity contribution >= 4 is 0 Å². The molecule has 0 amide bonds. The Labute approximate surface area is 154 Å². The molecule has 0 aliphatic heterocycles. The van der Waals surface area contributed by atoms with Crippen LogP contribution in [-0.4, -0.2) is 5.11 Å². The molecule has 1 rings (SSSR count). The average molecular weight is 228 g/mol. The Morgan fingerprint density at radius 3 is 2.07 bits per heavy atom. The molecular weight excluding hydrogens is 210 g/mol. The van der Waals surface area contributed by atoms with Crippen LogP contribution in [0.2, 0.25) is 0 Å². The summed E-state index contributed by atoms with van der Waals surface area (Å²) in [5.74, 6) is 0.396. The van der Waals surface area contributed by atoms with Crippen LogP contribution in [0.15, 0.2) is 18.2 Å². The SMILES string of the molecule is Cc1ccc(O)c(C(C)(C)C)c1.[H-].[H-].[K+].[Na+]. The fourth-order valence-corrected chi connectivity index (χ4v) is 1.25. The maximum absolute atomic E-state index is 9.57. The maximum Gasteiger partial charge on any atom is 1.00 e. The fourth-order valence-electron chi connectivity index (χ4n) is 1.25. The van der Waals surface area contributed by atoms with Gasteiger partial charge in [0.1, 0.15) is 5.75 Å². The fraction of sp³-hybridized carbons (Fsp3) is 0.455. The molecule has 70 valence electrons. The van der Waals surface area contributed by atoms with Crippen molar-refractivity contribution in [3.05, 3.63) is 29.3 Å². The predicted molar refractivity (Wildman–Crippen MR) is 53.8 cm³/mol. The molecule has 1 nitrogen and oxygen atoms in total. The van der Waals surface area contributed by atoms with Crippen molar-refractivity contribution in [2.75, 3.05) is 0 Å². The Kier molecular flexibility index (Phi) is 9.11. The number of phenols is 1. The molecule has 0 unspecified atom stereocenters. The molecule has 0 spiro atoms. The van der Waals surface area contributed by atoms with E-state index in [1.54, 1.807) is 6.07 Å². The Balaban J connectivity index is -0.000000180. The third-order valence-corrected chi connectivity index (χ3v) is 1.96. The first-order chi connectivity index (χ1) is 5.41. The number of hydrogen-bond donors (Lipinski definition) is 1. The van der Waals surface area contributed by atoms with E-state index in [9.17, 15) is 5.11 Å². The van der Waals surface area contributed by atoms with E-state index in [-0.39, 0.29) is 89.2 Å². The Hall–Kier alpha value is 1.66. The summed E-state index contributed by atoms with van der Waals surface area (Å²) in [5.41, 5.74) is 2.23. The molecule has 0 radical (unpaired) electrons. The summed E-state index contributed by atoms with van der Waals surface area (Å²) in [5, 5.41) is 9.57. The van der Waals surface area contributed by atoms with E-state index in [1.807, 2.05) is 19.1 Å². The molecule has 1 aromatic carbocycles. The van der Waals surface area contributed by atoms with Gasteiger partial charge >= 0.3 is 80.9 Å². The number of rotatable bonds is 0. The van der Waals surface area contributed by atoms with Crippen molar-refractivity contribution in [3.63, 3.8) is 0 Å². The number of aromatic hydroxyl groups is 1. The number of hydrogen-bond acceptors (Lipinski definition) is 1.